The fraction of sp³-hybridized carbons (Fsp3) is 0.647. The average molecular weight is 263 g/mol. The minimum atomic E-state index is -0.624. The van der Waals surface area contributed by atoms with Gasteiger partial charge in [-0.15, -0.1) is 0 Å². The van der Waals surface area contributed by atoms with E-state index in [2.05, 4.69) is 45.7 Å². The molecule has 0 aromatic heterocycles. The molecule has 0 amide bonds. The zero-order valence-electron chi connectivity index (χ0n) is 13.6. The van der Waals surface area contributed by atoms with Gasteiger partial charge < -0.3 is 10.0 Å². The normalized spacial score (nSPS) is 12.3. The summed E-state index contributed by atoms with van der Waals surface area (Å²) >= 11 is 0. The van der Waals surface area contributed by atoms with E-state index < -0.39 is 5.60 Å². The number of benzene rings is 1. The van der Waals surface area contributed by atoms with Crippen LogP contribution in [0.15, 0.2) is 6.07 Å². The van der Waals surface area contributed by atoms with Crippen LogP contribution in [0.2, 0.25) is 0 Å². The van der Waals surface area contributed by atoms with Crippen molar-refractivity contribution < 1.29 is 5.11 Å². The number of aliphatic hydroxyl groups is 1. The number of rotatable bonds is 5. The van der Waals surface area contributed by atoms with Crippen molar-refractivity contribution in [2.75, 3.05) is 20.1 Å². The molecule has 0 saturated carbocycles. The van der Waals surface area contributed by atoms with Gasteiger partial charge in [0.25, 0.3) is 0 Å². The highest BCUT2D eigenvalue weighted by atomic mass is 16.3. The van der Waals surface area contributed by atoms with Gasteiger partial charge in [-0.1, -0.05) is 6.07 Å². The van der Waals surface area contributed by atoms with Crippen molar-refractivity contribution in [1.82, 2.24) is 4.90 Å². The van der Waals surface area contributed by atoms with Gasteiger partial charge >= 0.3 is 0 Å². The van der Waals surface area contributed by atoms with Crippen LogP contribution in [-0.2, 0) is 6.42 Å². The Hall–Kier alpha value is -0.860. The summed E-state index contributed by atoms with van der Waals surface area (Å²) in [5.74, 6) is 0. The molecule has 1 N–H and O–H groups in total. The van der Waals surface area contributed by atoms with Crippen LogP contribution < -0.4 is 0 Å². The van der Waals surface area contributed by atoms with E-state index in [4.69, 9.17) is 0 Å². The van der Waals surface area contributed by atoms with Crippen LogP contribution in [0.3, 0.4) is 0 Å². The highest BCUT2D eigenvalue weighted by Crippen LogP contribution is 2.22. The van der Waals surface area contributed by atoms with Crippen molar-refractivity contribution in [3.05, 3.63) is 33.9 Å². The second-order valence-corrected chi connectivity index (χ2v) is 6.54. The van der Waals surface area contributed by atoms with E-state index in [0.717, 1.165) is 13.0 Å². The van der Waals surface area contributed by atoms with Crippen molar-refractivity contribution in [3.63, 3.8) is 0 Å². The molecule has 0 heterocycles. The highest BCUT2D eigenvalue weighted by Gasteiger charge is 2.16. The molecule has 0 unspecified atom stereocenters. The molecular weight excluding hydrogens is 234 g/mol. The summed E-state index contributed by atoms with van der Waals surface area (Å²) in [7, 11) is 2.07. The molecule has 0 aliphatic carbocycles. The summed E-state index contributed by atoms with van der Waals surface area (Å²) < 4.78 is 0. The topological polar surface area (TPSA) is 23.5 Å². The van der Waals surface area contributed by atoms with Gasteiger partial charge in [-0.3, -0.25) is 0 Å². The Morgan fingerprint density at radius 2 is 1.53 bits per heavy atom. The van der Waals surface area contributed by atoms with Gasteiger partial charge in [-0.05, 0) is 82.8 Å². The number of likely N-dealkylation sites (N-methyl/N-ethyl adjacent to an activating group) is 1. The number of nitrogens with zero attached hydrogens (tertiary/aromatic N) is 1. The first-order valence-electron chi connectivity index (χ1n) is 7.09. The molecule has 1 aromatic carbocycles. The summed E-state index contributed by atoms with van der Waals surface area (Å²) in [6.07, 6.45) is 1.05. The van der Waals surface area contributed by atoms with Gasteiger partial charge in [0, 0.05) is 13.1 Å². The van der Waals surface area contributed by atoms with E-state index in [-0.39, 0.29) is 0 Å². The van der Waals surface area contributed by atoms with E-state index in [1.54, 1.807) is 0 Å². The smallest absolute Gasteiger partial charge is 0.0718 e. The second-order valence-electron chi connectivity index (χ2n) is 6.54. The number of hydrogen-bond donors (Lipinski definition) is 1. The van der Waals surface area contributed by atoms with Crippen LogP contribution in [0, 0.1) is 27.7 Å². The third-order valence-electron chi connectivity index (χ3n) is 3.92. The van der Waals surface area contributed by atoms with E-state index in [1.165, 1.54) is 27.8 Å². The van der Waals surface area contributed by atoms with Gasteiger partial charge in [0.15, 0.2) is 0 Å². The molecule has 0 aliphatic heterocycles. The summed E-state index contributed by atoms with van der Waals surface area (Å²) in [6.45, 7) is 14.2. The fourth-order valence-corrected chi connectivity index (χ4v) is 2.72. The maximum Gasteiger partial charge on any atom is 0.0718 e. The molecule has 0 aliphatic rings. The predicted octanol–water partition coefficient (Wildman–Crippen LogP) is 3.17. The van der Waals surface area contributed by atoms with Crippen LogP contribution in [0.1, 0.15) is 41.7 Å². The molecule has 0 bridgehead atoms. The molecule has 0 saturated heterocycles. The maximum atomic E-state index is 9.84. The zero-order chi connectivity index (χ0) is 14.8. The third-order valence-corrected chi connectivity index (χ3v) is 3.92. The molecule has 2 heteroatoms. The first kappa shape index (κ1) is 16.2. The molecule has 0 radical (unpaired) electrons. The Balaban J connectivity index is 2.78. The first-order valence-corrected chi connectivity index (χ1v) is 7.09. The lowest BCUT2D eigenvalue weighted by atomic mass is 9.92. The minimum Gasteiger partial charge on any atom is -0.389 e. The summed E-state index contributed by atoms with van der Waals surface area (Å²) in [5.41, 5.74) is 6.44. The van der Waals surface area contributed by atoms with Gasteiger partial charge in [0.1, 0.15) is 0 Å². The lowest BCUT2D eigenvalue weighted by Crippen LogP contribution is -2.37. The Labute approximate surface area is 118 Å². The van der Waals surface area contributed by atoms with E-state index in [0.29, 0.717) is 6.54 Å². The Morgan fingerprint density at radius 3 is 1.95 bits per heavy atom. The summed E-state index contributed by atoms with van der Waals surface area (Å²) in [5, 5.41) is 9.84. The lowest BCUT2D eigenvalue weighted by Gasteiger charge is -2.26. The maximum absolute atomic E-state index is 9.84. The van der Waals surface area contributed by atoms with Gasteiger partial charge in [-0.2, -0.15) is 0 Å². The average Bonchev–Trinajstić information content (AvgIpc) is 2.24. The molecule has 2 nitrogen and oxygen atoms in total. The molecule has 108 valence electrons. The Morgan fingerprint density at radius 1 is 1.05 bits per heavy atom. The number of hydrogen-bond acceptors (Lipinski definition) is 2. The molecule has 0 atom stereocenters. The lowest BCUT2D eigenvalue weighted by molar-refractivity contribution is 0.0449. The van der Waals surface area contributed by atoms with Crippen LogP contribution in [-0.4, -0.2) is 35.7 Å². The fourth-order valence-electron chi connectivity index (χ4n) is 2.72. The molecule has 1 rings (SSSR count). The third kappa shape index (κ3) is 4.63. The molecular formula is C17H29NO. The molecule has 0 fully saturated rings. The molecule has 1 aromatic rings. The van der Waals surface area contributed by atoms with Gasteiger partial charge in [0.05, 0.1) is 5.60 Å². The van der Waals surface area contributed by atoms with Crippen LogP contribution in [0.5, 0.6) is 0 Å². The van der Waals surface area contributed by atoms with Gasteiger partial charge in [-0.25, -0.2) is 0 Å². The molecule has 19 heavy (non-hydrogen) atoms. The van der Waals surface area contributed by atoms with E-state index >= 15 is 0 Å². The first-order chi connectivity index (χ1) is 8.61. The Kier molecular flexibility index (Phi) is 5.17. The highest BCUT2D eigenvalue weighted by molar-refractivity contribution is 5.44. The zero-order valence-corrected chi connectivity index (χ0v) is 13.6. The SMILES string of the molecule is Cc1cc(C)c(C)c(CCN(C)CC(C)(C)O)c1C. The number of aryl methyl sites for hydroxylation is 2. The largest absolute Gasteiger partial charge is 0.389 e. The second kappa shape index (κ2) is 6.06. The van der Waals surface area contributed by atoms with Gasteiger partial charge in [0.2, 0.25) is 0 Å². The van der Waals surface area contributed by atoms with E-state index in [1.807, 2.05) is 13.8 Å². The standard InChI is InChI=1S/C17H29NO/c1-12-10-13(2)15(4)16(14(12)3)8-9-18(7)11-17(5,6)19/h10,19H,8-9,11H2,1-7H3. The Bertz CT molecular complexity index is 417. The quantitative estimate of drug-likeness (QED) is 0.882. The van der Waals surface area contributed by atoms with Crippen molar-refractivity contribution in [2.24, 2.45) is 0 Å². The van der Waals surface area contributed by atoms with Crippen LogP contribution in [0.4, 0.5) is 0 Å². The van der Waals surface area contributed by atoms with Crippen molar-refractivity contribution >= 4 is 0 Å². The van der Waals surface area contributed by atoms with Crippen molar-refractivity contribution in [3.8, 4) is 0 Å². The monoisotopic (exact) mass is 263 g/mol. The summed E-state index contributed by atoms with van der Waals surface area (Å²) in [6, 6.07) is 2.27. The van der Waals surface area contributed by atoms with Crippen LogP contribution in [0.25, 0.3) is 0 Å². The minimum absolute atomic E-state index is 0.624. The van der Waals surface area contributed by atoms with E-state index in [9.17, 15) is 5.11 Å². The summed E-state index contributed by atoms with van der Waals surface area (Å²) in [4.78, 5) is 2.20. The van der Waals surface area contributed by atoms with Crippen molar-refractivity contribution in [1.29, 1.82) is 0 Å². The van der Waals surface area contributed by atoms with Crippen LogP contribution >= 0.6 is 0 Å². The van der Waals surface area contributed by atoms with Crippen molar-refractivity contribution in [2.45, 2.75) is 53.6 Å². The predicted molar refractivity (Wildman–Crippen MR) is 82.9 cm³/mol. The molecule has 0 spiro atoms.